The number of halogens is 3. The predicted octanol–water partition coefficient (Wildman–Crippen LogP) is 2.61. The van der Waals surface area contributed by atoms with Gasteiger partial charge in [-0.1, -0.05) is 44.0 Å². The molecule has 102 valence electrons. The average Bonchev–Trinajstić information content (AvgIpc) is 2.22. The molecule has 0 unspecified atom stereocenters. The Bertz CT molecular complexity index is 500. The standard InChI is InChI=1S/C9H10BrCl2NO4S/c1-16-2-3-17-13-18(14,15)9-7(11)4-6(10)5-8(9)12/h4-5,13H,2-3H2,1H3. The van der Waals surface area contributed by atoms with Gasteiger partial charge in [0.1, 0.15) is 4.90 Å². The van der Waals surface area contributed by atoms with E-state index >= 15 is 0 Å². The molecule has 1 aromatic rings. The van der Waals surface area contributed by atoms with Gasteiger partial charge in [0.25, 0.3) is 10.0 Å². The van der Waals surface area contributed by atoms with Gasteiger partial charge in [-0.25, -0.2) is 8.42 Å². The Morgan fingerprint density at radius 2 is 1.83 bits per heavy atom. The lowest BCUT2D eigenvalue weighted by Crippen LogP contribution is -2.26. The highest BCUT2D eigenvalue weighted by Crippen LogP contribution is 2.32. The van der Waals surface area contributed by atoms with E-state index in [-0.39, 0.29) is 28.2 Å². The number of methoxy groups -OCH3 is 1. The second-order valence-corrected chi connectivity index (χ2v) is 6.44. The van der Waals surface area contributed by atoms with Crippen LogP contribution in [0.1, 0.15) is 0 Å². The van der Waals surface area contributed by atoms with Crippen LogP contribution >= 0.6 is 39.1 Å². The molecule has 0 saturated heterocycles. The minimum absolute atomic E-state index is 0.00258. The fraction of sp³-hybridized carbons (Fsp3) is 0.333. The first-order chi connectivity index (χ1) is 8.38. The third-order valence-electron chi connectivity index (χ3n) is 1.79. The molecule has 0 amide bonds. The molecule has 1 rings (SSSR count). The Morgan fingerprint density at radius 1 is 1.28 bits per heavy atom. The molecule has 0 spiro atoms. The van der Waals surface area contributed by atoms with Crippen LogP contribution < -0.4 is 4.89 Å². The average molecular weight is 379 g/mol. The van der Waals surface area contributed by atoms with Crippen molar-refractivity contribution >= 4 is 49.2 Å². The fourth-order valence-electron chi connectivity index (χ4n) is 1.07. The van der Waals surface area contributed by atoms with Gasteiger partial charge in [-0.05, 0) is 12.1 Å². The van der Waals surface area contributed by atoms with Gasteiger partial charge in [-0.15, -0.1) is 0 Å². The topological polar surface area (TPSA) is 64.6 Å². The second kappa shape index (κ2) is 7.04. The first kappa shape index (κ1) is 16.2. The van der Waals surface area contributed by atoms with Crippen LogP contribution in [-0.2, 0) is 19.6 Å². The summed E-state index contributed by atoms with van der Waals surface area (Å²) in [4.78, 5) is 6.43. The molecule has 1 N–H and O–H groups in total. The zero-order chi connectivity index (χ0) is 13.8. The quantitative estimate of drug-likeness (QED) is 0.610. The zero-order valence-corrected chi connectivity index (χ0v) is 13.2. The van der Waals surface area contributed by atoms with Gasteiger partial charge in [0.15, 0.2) is 0 Å². The van der Waals surface area contributed by atoms with E-state index in [0.29, 0.717) is 4.47 Å². The number of nitrogens with one attached hydrogen (secondary N) is 1. The van der Waals surface area contributed by atoms with E-state index in [4.69, 9.17) is 32.8 Å². The van der Waals surface area contributed by atoms with Crippen molar-refractivity contribution in [2.75, 3.05) is 20.3 Å². The van der Waals surface area contributed by atoms with Gasteiger partial charge in [-0.3, -0.25) is 4.84 Å². The number of hydrogen-bond donors (Lipinski definition) is 1. The summed E-state index contributed by atoms with van der Waals surface area (Å²) >= 11 is 14.8. The Morgan fingerprint density at radius 3 is 2.33 bits per heavy atom. The molecule has 0 radical (unpaired) electrons. The molecule has 0 heterocycles. The summed E-state index contributed by atoms with van der Waals surface area (Å²) in [7, 11) is -2.46. The number of sulfonamides is 1. The Hall–Kier alpha value is 0.110. The van der Waals surface area contributed by atoms with Crippen LogP contribution in [0.4, 0.5) is 0 Å². The molecule has 9 heteroatoms. The summed E-state index contributed by atoms with van der Waals surface area (Å²) in [5.41, 5.74) is 0. The van der Waals surface area contributed by atoms with Gasteiger partial charge in [-0.2, -0.15) is 0 Å². The van der Waals surface area contributed by atoms with Gasteiger partial charge in [0.05, 0.1) is 23.3 Å². The van der Waals surface area contributed by atoms with Crippen molar-refractivity contribution < 1.29 is 18.0 Å². The van der Waals surface area contributed by atoms with Gasteiger partial charge < -0.3 is 4.74 Å². The molecule has 1 aromatic carbocycles. The minimum atomic E-state index is -3.93. The lowest BCUT2D eigenvalue weighted by atomic mass is 10.4. The largest absolute Gasteiger partial charge is 0.382 e. The third-order valence-corrected chi connectivity index (χ3v) is 4.38. The maximum atomic E-state index is 11.9. The maximum absolute atomic E-state index is 11.9. The number of benzene rings is 1. The zero-order valence-electron chi connectivity index (χ0n) is 9.24. The van der Waals surface area contributed by atoms with Crippen molar-refractivity contribution in [3.05, 3.63) is 26.7 Å². The smallest absolute Gasteiger partial charge is 0.265 e. The van der Waals surface area contributed by atoms with Crippen molar-refractivity contribution in [3.63, 3.8) is 0 Å². The molecule has 0 fully saturated rings. The van der Waals surface area contributed by atoms with E-state index in [1.54, 1.807) is 0 Å². The van der Waals surface area contributed by atoms with Crippen LogP contribution in [0.3, 0.4) is 0 Å². The van der Waals surface area contributed by atoms with Gasteiger partial charge in [0, 0.05) is 11.6 Å². The molecular formula is C9H10BrCl2NO4S. The fourth-order valence-corrected chi connectivity index (χ4v) is 3.84. The molecule has 0 aliphatic heterocycles. The highest BCUT2D eigenvalue weighted by molar-refractivity contribution is 9.10. The van der Waals surface area contributed by atoms with E-state index in [1.165, 1.54) is 19.2 Å². The number of ether oxygens (including phenoxy) is 1. The summed E-state index contributed by atoms with van der Waals surface area (Å²) in [5.74, 6) is 0. The predicted molar refractivity (Wildman–Crippen MR) is 72.3 cm³/mol. The first-order valence-electron chi connectivity index (χ1n) is 4.65. The van der Waals surface area contributed by atoms with E-state index < -0.39 is 10.0 Å². The molecular weight excluding hydrogens is 369 g/mol. The van der Waals surface area contributed by atoms with Crippen molar-refractivity contribution in [2.24, 2.45) is 0 Å². The van der Waals surface area contributed by atoms with Crippen molar-refractivity contribution in [2.45, 2.75) is 4.90 Å². The summed E-state index contributed by atoms with van der Waals surface area (Å²) in [5, 5.41) is -0.00515. The van der Waals surface area contributed by atoms with Crippen LogP contribution in [0.25, 0.3) is 0 Å². The van der Waals surface area contributed by atoms with Crippen molar-refractivity contribution in [1.82, 2.24) is 4.89 Å². The SMILES string of the molecule is COCCONS(=O)(=O)c1c(Cl)cc(Br)cc1Cl. The molecule has 0 aliphatic rings. The van der Waals surface area contributed by atoms with Crippen molar-refractivity contribution in [1.29, 1.82) is 0 Å². The van der Waals surface area contributed by atoms with Crippen LogP contribution in [0.15, 0.2) is 21.5 Å². The lowest BCUT2D eigenvalue weighted by molar-refractivity contribution is 0.0438. The molecule has 5 nitrogen and oxygen atoms in total. The van der Waals surface area contributed by atoms with E-state index in [9.17, 15) is 8.42 Å². The normalized spacial score (nSPS) is 11.8. The molecule has 0 aliphatic carbocycles. The van der Waals surface area contributed by atoms with Crippen LogP contribution in [0.5, 0.6) is 0 Å². The maximum Gasteiger partial charge on any atom is 0.265 e. The number of hydrogen-bond acceptors (Lipinski definition) is 4. The Labute approximate surface area is 123 Å². The van der Waals surface area contributed by atoms with E-state index in [2.05, 4.69) is 15.9 Å². The summed E-state index contributed by atoms with van der Waals surface area (Å²) in [6.45, 7) is 0.325. The minimum Gasteiger partial charge on any atom is -0.382 e. The van der Waals surface area contributed by atoms with E-state index in [1.807, 2.05) is 4.89 Å². The highest BCUT2D eigenvalue weighted by Gasteiger charge is 2.22. The summed E-state index contributed by atoms with van der Waals surface area (Å²) in [6.07, 6.45) is 0. The third kappa shape index (κ3) is 4.34. The molecule has 18 heavy (non-hydrogen) atoms. The van der Waals surface area contributed by atoms with Crippen molar-refractivity contribution in [3.8, 4) is 0 Å². The second-order valence-electron chi connectivity index (χ2n) is 3.13. The molecule has 0 atom stereocenters. The summed E-state index contributed by atoms with van der Waals surface area (Å²) in [6, 6.07) is 2.86. The van der Waals surface area contributed by atoms with Gasteiger partial charge in [0.2, 0.25) is 0 Å². The van der Waals surface area contributed by atoms with Crippen LogP contribution in [-0.4, -0.2) is 28.7 Å². The van der Waals surface area contributed by atoms with Gasteiger partial charge >= 0.3 is 0 Å². The van der Waals surface area contributed by atoms with Crippen LogP contribution in [0.2, 0.25) is 10.0 Å². The Kier molecular flexibility index (Phi) is 6.32. The summed E-state index contributed by atoms with van der Waals surface area (Å²) < 4.78 is 29.1. The monoisotopic (exact) mass is 377 g/mol. The Balaban J connectivity index is 2.92. The van der Waals surface area contributed by atoms with E-state index in [0.717, 1.165) is 0 Å². The lowest BCUT2D eigenvalue weighted by Gasteiger charge is -2.10. The highest BCUT2D eigenvalue weighted by atomic mass is 79.9. The molecule has 0 aromatic heterocycles. The molecule has 0 saturated carbocycles. The van der Waals surface area contributed by atoms with Crippen LogP contribution in [0, 0.1) is 0 Å². The number of rotatable bonds is 6. The first-order valence-corrected chi connectivity index (χ1v) is 7.69. The molecule has 0 bridgehead atoms.